The van der Waals surface area contributed by atoms with Gasteiger partial charge in [-0.3, -0.25) is 0 Å². The first-order chi connectivity index (χ1) is 4.66. The Labute approximate surface area is 64.0 Å². The Hall–Kier alpha value is -0.780. The molecule has 10 heavy (non-hydrogen) atoms. The first-order valence-corrected chi connectivity index (χ1v) is 3.67. The van der Waals surface area contributed by atoms with Crippen LogP contribution in [0.2, 0.25) is 0 Å². The van der Waals surface area contributed by atoms with Gasteiger partial charge in [-0.1, -0.05) is 42.9 Å². The average Bonchev–Trinajstić information content (AvgIpc) is 1.85. The van der Waals surface area contributed by atoms with Crippen molar-refractivity contribution in [3.05, 3.63) is 36.0 Å². The molecule has 0 radical (unpaired) electrons. The van der Waals surface area contributed by atoms with Crippen molar-refractivity contribution in [3.8, 4) is 0 Å². The van der Waals surface area contributed by atoms with Crippen molar-refractivity contribution in [3.63, 3.8) is 0 Å². The van der Waals surface area contributed by atoms with E-state index in [0.29, 0.717) is 0 Å². The van der Waals surface area contributed by atoms with Crippen molar-refractivity contribution in [2.24, 2.45) is 0 Å². The van der Waals surface area contributed by atoms with Crippen LogP contribution in [0, 0.1) is 0 Å². The van der Waals surface area contributed by atoms with E-state index in [-0.39, 0.29) is 0 Å². The molecule has 0 spiro atoms. The van der Waals surface area contributed by atoms with Crippen LogP contribution in [-0.4, -0.2) is 0 Å². The summed E-state index contributed by atoms with van der Waals surface area (Å²) in [5, 5.41) is 0. The van der Waals surface area contributed by atoms with Crippen LogP contribution in [0.1, 0.15) is 27.2 Å². The Kier molecular flexibility index (Phi) is 4.65. The molecule has 0 nitrogen and oxygen atoms in total. The molecule has 0 aromatic heterocycles. The normalized spacial score (nSPS) is 12.5. The predicted molar refractivity (Wildman–Crippen MR) is 48.0 cm³/mol. The minimum Gasteiger partial charge on any atom is -0.0961 e. The minimum absolute atomic E-state index is 1.10. The lowest BCUT2D eigenvalue weighted by Gasteiger charge is -1.89. The van der Waals surface area contributed by atoms with Crippen molar-refractivity contribution in [2.45, 2.75) is 27.2 Å². The standard InChI is InChI=1S/C10H16/c1-5-6-10(4)8-7-9(2)3/h6-8H,2,5H2,1,3-4H3/b8-7-,10-6-. The maximum Gasteiger partial charge on any atom is -0.0374 e. The molecular weight excluding hydrogens is 120 g/mol. The fourth-order valence-electron chi connectivity index (χ4n) is 0.664. The van der Waals surface area contributed by atoms with Crippen LogP contribution in [0.25, 0.3) is 0 Å². The number of hydrogen-bond acceptors (Lipinski definition) is 0. The summed E-state index contributed by atoms with van der Waals surface area (Å²) >= 11 is 0. The molecule has 0 aliphatic heterocycles. The van der Waals surface area contributed by atoms with Gasteiger partial charge in [0.1, 0.15) is 0 Å². The van der Waals surface area contributed by atoms with Gasteiger partial charge in [-0.25, -0.2) is 0 Å². The molecule has 0 saturated heterocycles. The van der Waals surface area contributed by atoms with E-state index in [2.05, 4.69) is 32.6 Å². The van der Waals surface area contributed by atoms with Crippen molar-refractivity contribution in [1.29, 1.82) is 0 Å². The lowest BCUT2D eigenvalue weighted by molar-refractivity contribution is 1.20. The molecule has 0 fully saturated rings. The van der Waals surface area contributed by atoms with Gasteiger partial charge in [0.15, 0.2) is 0 Å². The Morgan fingerprint density at radius 3 is 2.30 bits per heavy atom. The molecule has 0 heterocycles. The Morgan fingerprint density at radius 2 is 1.90 bits per heavy atom. The zero-order valence-electron chi connectivity index (χ0n) is 7.15. The summed E-state index contributed by atoms with van der Waals surface area (Å²) in [7, 11) is 0. The van der Waals surface area contributed by atoms with E-state index in [1.54, 1.807) is 0 Å². The fourth-order valence-corrected chi connectivity index (χ4v) is 0.664. The first-order valence-electron chi connectivity index (χ1n) is 3.67. The van der Waals surface area contributed by atoms with Crippen LogP contribution in [0.4, 0.5) is 0 Å². The van der Waals surface area contributed by atoms with E-state index in [9.17, 15) is 0 Å². The van der Waals surface area contributed by atoms with E-state index in [1.807, 2.05) is 13.0 Å². The van der Waals surface area contributed by atoms with E-state index >= 15 is 0 Å². The summed E-state index contributed by atoms with van der Waals surface area (Å²) in [5.74, 6) is 0. The van der Waals surface area contributed by atoms with Crippen LogP contribution in [0.3, 0.4) is 0 Å². The Bertz CT molecular complexity index is 159. The molecule has 56 valence electrons. The maximum atomic E-state index is 3.77. The second kappa shape index (κ2) is 5.04. The van der Waals surface area contributed by atoms with E-state index in [0.717, 1.165) is 12.0 Å². The molecule has 0 atom stereocenters. The zero-order chi connectivity index (χ0) is 7.98. The Balaban J connectivity index is 3.89. The molecule has 0 unspecified atom stereocenters. The highest BCUT2D eigenvalue weighted by Gasteiger charge is 1.78. The molecule has 0 aromatic rings. The van der Waals surface area contributed by atoms with Crippen molar-refractivity contribution >= 4 is 0 Å². The largest absolute Gasteiger partial charge is 0.0961 e. The predicted octanol–water partition coefficient (Wildman–Crippen LogP) is 3.48. The van der Waals surface area contributed by atoms with Gasteiger partial charge in [0.05, 0.1) is 0 Å². The van der Waals surface area contributed by atoms with Crippen LogP contribution in [0.5, 0.6) is 0 Å². The van der Waals surface area contributed by atoms with Crippen LogP contribution in [0.15, 0.2) is 36.0 Å². The number of rotatable bonds is 3. The molecule has 0 bridgehead atoms. The quantitative estimate of drug-likeness (QED) is 0.521. The average molecular weight is 136 g/mol. The van der Waals surface area contributed by atoms with Gasteiger partial charge in [0.2, 0.25) is 0 Å². The molecule has 0 aliphatic rings. The summed E-state index contributed by atoms with van der Waals surface area (Å²) in [6, 6.07) is 0. The van der Waals surface area contributed by atoms with Gasteiger partial charge in [-0.2, -0.15) is 0 Å². The van der Waals surface area contributed by atoms with Gasteiger partial charge in [-0.05, 0) is 20.3 Å². The lowest BCUT2D eigenvalue weighted by atomic mass is 10.2. The van der Waals surface area contributed by atoms with Crippen molar-refractivity contribution < 1.29 is 0 Å². The highest BCUT2D eigenvalue weighted by atomic mass is 13.8. The summed E-state index contributed by atoms with van der Waals surface area (Å²) in [5.41, 5.74) is 2.41. The smallest absolute Gasteiger partial charge is 0.0374 e. The molecule has 0 aromatic carbocycles. The second-order valence-electron chi connectivity index (χ2n) is 2.54. The van der Waals surface area contributed by atoms with Gasteiger partial charge >= 0.3 is 0 Å². The zero-order valence-corrected chi connectivity index (χ0v) is 7.15. The van der Waals surface area contributed by atoms with Crippen molar-refractivity contribution in [2.75, 3.05) is 0 Å². The van der Waals surface area contributed by atoms with E-state index in [4.69, 9.17) is 0 Å². The second-order valence-corrected chi connectivity index (χ2v) is 2.54. The fraction of sp³-hybridized carbons (Fsp3) is 0.400. The topological polar surface area (TPSA) is 0 Å². The minimum atomic E-state index is 1.10. The molecule has 0 saturated carbocycles. The summed E-state index contributed by atoms with van der Waals surface area (Å²) in [6.45, 7) is 10.0. The summed E-state index contributed by atoms with van der Waals surface area (Å²) < 4.78 is 0. The van der Waals surface area contributed by atoms with Gasteiger partial charge < -0.3 is 0 Å². The highest BCUT2D eigenvalue weighted by molar-refractivity contribution is 5.23. The molecule has 0 amide bonds. The van der Waals surface area contributed by atoms with Crippen LogP contribution in [-0.2, 0) is 0 Å². The monoisotopic (exact) mass is 136 g/mol. The first kappa shape index (κ1) is 9.22. The van der Waals surface area contributed by atoms with Gasteiger partial charge in [0.25, 0.3) is 0 Å². The molecule has 0 heteroatoms. The number of hydrogen-bond donors (Lipinski definition) is 0. The molecule has 0 aliphatic carbocycles. The van der Waals surface area contributed by atoms with Crippen LogP contribution >= 0.6 is 0 Å². The molecule has 0 rings (SSSR count). The van der Waals surface area contributed by atoms with Crippen LogP contribution < -0.4 is 0 Å². The third-order valence-corrected chi connectivity index (χ3v) is 1.16. The van der Waals surface area contributed by atoms with Gasteiger partial charge in [0, 0.05) is 0 Å². The Morgan fingerprint density at radius 1 is 1.30 bits per heavy atom. The van der Waals surface area contributed by atoms with E-state index in [1.165, 1.54) is 5.57 Å². The highest BCUT2D eigenvalue weighted by Crippen LogP contribution is 1.99. The lowest BCUT2D eigenvalue weighted by Crippen LogP contribution is -1.68. The molecular formula is C10H16. The summed E-state index contributed by atoms with van der Waals surface area (Å²) in [6.07, 6.45) is 7.42. The van der Waals surface area contributed by atoms with Gasteiger partial charge in [-0.15, -0.1) is 0 Å². The SMILES string of the molecule is C=C(C)/C=C\C(C)=C/CC. The van der Waals surface area contributed by atoms with Crippen molar-refractivity contribution in [1.82, 2.24) is 0 Å². The third-order valence-electron chi connectivity index (χ3n) is 1.16. The van der Waals surface area contributed by atoms with E-state index < -0.39 is 0 Å². The third kappa shape index (κ3) is 5.36. The molecule has 0 N–H and O–H groups in total. The number of allylic oxidation sites excluding steroid dienone is 5. The summed E-state index contributed by atoms with van der Waals surface area (Å²) in [4.78, 5) is 0. The maximum absolute atomic E-state index is 3.77.